The van der Waals surface area contributed by atoms with Gasteiger partial charge in [-0.05, 0) is 10.8 Å². The van der Waals surface area contributed by atoms with E-state index in [0.29, 0.717) is 10.8 Å². The zero-order valence-corrected chi connectivity index (χ0v) is 22.6. The fourth-order valence-corrected chi connectivity index (χ4v) is 3.42. The second-order valence-corrected chi connectivity index (χ2v) is 10.4. The van der Waals surface area contributed by atoms with E-state index in [1.54, 1.807) is 0 Å². The standard InChI is InChI=1S/C10H8.2C10H15.2Fe/c1-2-6-9(5-1)10-7-3-4-8-10;2*1-10(2,3)8-9-6-4-5-7-9;;/h1-8H;2*4-7H,8H2,1-3H3;;/q-2;2*-1;2*+2. The van der Waals surface area contributed by atoms with Gasteiger partial charge < -0.3 is 0 Å². The van der Waals surface area contributed by atoms with E-state index < -0.39 is 0 Å². The van der Waals surface area contributed by atoms with Gasteiger partial charge in [-0.3, -0.25) is 0 Å². The van der Waals surface area contributed by atoms with E-state index in [1.807, 2.05) is 0 Å². The van der Waals surface area contributed by atoms with Crippen molar-refractivity contribution < 1.29 is 34.1 Å². The smallest absolute Gasteiger partial charge is 0.213 e. The van der Waals surface area contributed by atoms with E-state index in [1.165, 1.54) is 35.1 Å². The second kappa shape index (κ2) is 14.6. The minimum Gasteiger partial charge on any atom is -0.213 e. The summed E-state index contributed by atoms with van der Waals surface area (Å²) in [5.74, 6) is 0. The molecule has 0 bridgehead atoms. The Morgan fingerprint density at radius 1 is 0.406 bits per heavy atom. The first kappa shape index (κ1) is 30.4. The summed E-state index contributed by atoms with van der Waals surface area (Å²) in [6.45, 7) is 13.6. The molecule has 0 fully saturated rings. The molecule has 0 aliphatic rings. The minimum absolute atomic E-state index is 0. The van der Waals surface area contributed by atoms with Gasteiger partial charge in [-0.1, -0.05) is 54.4 Å². The van der Waals surface area contributed by atoms with Crippen LogP contribution in [0.3, 0.4) is 0 Å². The summed E-state index contributed by atoms with van der Waals surface area (Å²) in [4.78, 5) is 0. The Kier molecular flexibility index (Phi) is 13.8. The van der Waals surface area contributed by atoms with Crippen molar-refractivity contribution in [3.8, 4) is 11.1 Å². The molecule has 0 amide bonds. The maximum atomic E-state index is 2.26. The zero-order valence-electron chi connectivity index (χ0n) is 20.4. The third kappa shape index (κ3) is 13.1. The van der Waals surface area contributed by atoms with Gasteiger partial charge in [0.1, 0.15) is 0 Å². The molecule has 4 aromatic carbocycles. The van der Waals surface area contributed by atoms with Crippen LogP contribution in [0.15, 0.2) is 97.1 Å². The summed E-state index contributed by atoms with van der Waals surface area (Å²) in [5.41, 5.74) is 6.37. The number of hydrogen-bond acceptors (Lipinski definition) is 0. The molecule has 0 unspecified atom stereocenters. The number of hydrogen-bond donors (Lipinski definition) is 0. The van der Waals surface area contributed by atoms with Crippen LogP contribution in [0.5, 0.6) is 0 Å². The SMILES string of the molecule is CC(C)(C)C[c-]1cccc1.CC(C)(C)C[c-]1cccc1.[Fe+2].[Fe+2].c1cc[c-](-[c-]2cccc2)c1. The predicted molar refractivity (Wildman–Crippen MR) is 133 cm³/mol. The van der Waals surface area contributed by atoms with Gasteiger partial charge in [0.15, 0.2) is 0 Å². The van der Waals surface area contributed by atoms with Crippen LogP contribution in [0.2, 0.25) is 0 Å². The predicted octanol–water partition coefficient (Wildman–Crippen LogP) is 8.77. The molecule has 0 aromatic heterocycles. The molecule has 0 saturated carbocycles. The van der Waals surface area contributed by atoms with Gasteiger partial charge in [0.25, 0.3) is 0 Å². The molecule has 4 rings (SSSR count). The minimum atomic E-state index is 0. The van der Waals surface area contributed by atoms with Crippen molar-refractivity contribution in [1.82, 2.24) is 0 Å². The van der Waals surface area contributed by atoms with Crippen LogP contribution in [0.4, 0.5) is 0 Å². The third-order valence-electron chi connectivity index (χ3n) is 4.59. The van der Waals surface area contributed by atoms with Gasteiger partial charge in [-0.15, -0.1) is 0 Å². The van der Waals surface area contributed by atoms with Crippen LogP contribution in [-0.4, -0.2) is 0 Å². The maximum Gasteiger partial charge on any atom is 2.00 e. The molecule has 0 radical (unpaired) electrons. The van der Waals surface area contributed by atoms with Gasteiger partial charge in [-0.2, -0.15) is 95.1 Å². The molecular formula is C30H38Fe2. The summed E-state index contributed by atoms with van der Waals surface area (Å²) >= 11 is 0. The van der Waals surface area contributed by atoms with Gasteiger partial charge in [-0.25, -0.2) is 24.3 Å². The molecule has 0 spiro atoms. The van der Waals surface area contributed by atoms with Crippen molar-refractivity contribution >= 4 is 0 Å². The Balaban J connectivity index is 0.000000437. The average molecular weight is 510 g/mol. The van der Waals surface area contributed by atoms with Crippen molar-refractivity contribution in [3.05, 3.63) is 108 Å². The van der Waals surface area contributed by atoms with Crippen LogP contribution in [0, 0.1) is 10.8 Å². The monoisotopic (exact) mass is 510 g/mol. The Morgan fingerprint density at radius 3 is 0.844 bits per heavy atom. The first-order valence-electron chi connectivity index (χ1n) is 11.0. The molecule has 0 saturated heterocycles. The molecule has 174 valence electrons. The average Bonchev–Trinajstić information content (AvgIpc) is 3.41. The third-order valence-corrected chi connectivity index (χ3v) is 4.59. The molecule has 0 nitrogen and oxygen atoms in total. The van der Waals surface area contributed by atoms with Crippen LogP contribution >= 0.6 is 0 Å². The van der Waals surface area contributed by atoms with E-state index in [0.717, 1.165) is 0 Å². The van der Waals surface area contributed by atoms with Crippen molar-refractivity contribution in [2.24, 2.45) is 10.8 Å². The van der Waals surface area contributed by atoms with Crippen molar-refractivity contribution in [2.45, 2.75) is 54.4 Å². The summed E-state index contributed by atoms with van der Waals surface area (Å²) in [6, 6.07) is 33.8. The van der Waals surface area contributed by atoms with Crippen LogP contribution < -0.4 is 0 Å². The van der Waals surface area contributed by atoms with Gasteiger partial charge in [0, 0.05) is 0 Å². The summed E-state index contributed by atoms with van der Waals surface area (Å²) in [6.07, 6.45) is 2.36. The summed E-state index contributed by atoms with van der Waals surface area (Å²) < 4.78 is 0. The molecule has 32 heavy (non-hydrogen) atoms. The molecule has 0 aliphatic carbocycles. The topological polar surface area (TPSA) is 0 Å². The molecule has 0 N–H and O–H groups in total. The second-order valence-electron chi connectivity index (χ2n) is 10.4. The van der Waals surface area contributed by atoms with E-state index in [4.69, 9.17) is 0 Å². The largest absolute Gasteiger partial charge is 2.00 e. The van der Waals surface area contributed by atoms with E-state index in [2.05, 4.69) is 139 Å². The Morgan fingerprint density at radius 2 is 0.625 bits per heavy atom. The van der Waals surface area contributed by atoms with E-state index in [9.17, 15) is 0 Å². The van der Waals surface area contributed by atoms with Gasteiger partial charge in [0.05, 0.1) is 0 Å². The Bertz CT molecular complexity index is 798. The zero-order chi connectivity index (χ0) is 22.0. The number of rotatable bonds is 3. The first-order chi connectivity index (χ1) is 14.1. The maximum absolute atomic E-state index is 2.26. The van der Waals surface area contributed by atoms with E-state index in [-0.39, 0.29) is 34.1 Å². The van der Waals surface area contributed by atoms with Crippen LogP contribution in [0.1, 0.15) is 52.7 Å². The van der Waals surface area contributed by atoms with Crippen LogP contribution in [0.25, 0.3) is 11.1 Å². The van der Waals surface area contributed by atoms with Crippen molar-refractivity contribution in [2.75, 3.05) is 0 Å². The molecular weight excluding hydrogens is 472 g/mol. The van der Waals surface area contributed by atoms with Gasteiger partial charge in [0.2, 0.25) is 0 Å². The summed E-state index contributed by atoms with van der Waals surface area (Å²) in [5, 5.41) is 0. The van der Waals surface area contributed by atoms with E-state index >= 15 is 0 Å². The fraction of sp³-hybridized carbons (Fsp3) is 0.333. The fourth-order valence-electron chi connectivity index (χ4n) is 3.42. The normalized spacial score (nSPS) is 10.6. The molecule has 2 heteroatoms. The molecule has 0 heterocycles. The molecule has 0 atom stereocenters. The van der Waals surface area contributed by atoms with Crippen LogP contribution in [-0.2, 0) is 47.0 Å². The molecule has 4 aromatic rings. The first-order valence-corrected chi connectivity index (χ1v) is 11.0. The van der Waals surface area contributed by atoms with Gasteiger partial charge >= 0.3 is 34.1 Å². The Hall–Kier alpha value is -1.56. The quantitative estimate of drug-likeness (QED) is 0.191. The van der Waals surface area contributed by atoms with Crippen molar-refractivity contribution in [1.29, 1.82) is 0 Å². The van der Waals surface area contributed by atoms with Crippen molar-refractivity contribution in [3.63, 3.8) is 0 Å². The Labute approximate surface area is 217 Å². The molecule has 0 aliphatic heterocycles. The summed E-state index contributed by atoms with van der Waals surface area (Å²) in [7, 11) is 0.